The minimum absolute atomic E-state index is 0.0556. The van der Waals surface area contributed by atoms with Crippen molar-refractivity contribution < 1.29 is 19.1 Å². The van der Waals surface area contributed by atoms with E-state index in [0.717, 1.165) is 5.56 Å². The number of nitrogens with zero attached hydrogens (tertiary/aromatic N) is 1. The molecular formula is C26H24N2O4. The predicted octanol–water partition coefficient (Wildman–Crippen LogP) is 4.64. The van der Waals surface area contributed by atoms with Crippen LogP contribution in [-0.2, 0) is 9.53 Å². The Morgan fingerprint density at radius 2 is 1.62 bits per heavy atom. The van der Waals surface area contributed by atoms with Gasteiger partial charge in [0, 0.05) is 36.9 Å². The molecule has 0 aromatic heterocycles. The van der Waals surface area contributed by atoms with Gasteiger partial charge in [-0.2, -0.15) is 0 Å². The number of hydrogen-bond acceptors (Lipinski definition) is 4. The van der Waals surface area contributed by atoms with Gasteiger partial charge in [-0.1, -0.05) is 42.5 Å². The summed E-state index contributed by atoms with van der Waals surface area (Å²) in [4.78, 5) is 39.9. The molecule has 0 radical (unpaired) electrons. The quantitative estimate of drug-likeness (QED) is 0.643. The van der Waals surface area contributed by atoms with Crippen molar-refractivity contribution in [3.05, 3.63) is 95.6 Å². The molecule has 1 N–H and O–H groups in total. The van der Waals surface area contributed by atoms with Gasteiger partial charge in [0.15, 0.2) is 11.9 Å². The molecule has 0 spiro atoms. The van der Waals surface area contributed by atoms with E-state index in [1.54, 1.807) is 41.3 Å². The maximum absolute atomic E-state index is 13.2. The number of ether oxygens (including phenoxy) is 1. The molecule has 0 fully saturated rings. The summed E-state index contributed by atoms with van der Waals surface area (Å²) in [5.41, 5.74) is 3.03. The highest BCUT2D eigenvalue weighted by Crippen LogP contribution is 2.28. The zero-order valence-electron chi connectivity index (χ0n) is 17.8. The minimum Gasteiger partial charge on any atom is -0.367 e. The Labute approximate surface area is 186 Å². The van der Waals surface area contributed by atoms with E-state index in [9.17, 15) is 14.4 Å². The summed E-state index contributed by atoms with van der Waals surface area (Å²) in [5, 5.41) is 2.84. The first kappa shape index (κ1) is 21.5. The van der Waals surface area contributed by atoms with Crippen LogP contribution in [0.15, 0.2) is 78.9 Å². The molecule has 0 saturated heterocycles. The lowest BCUT2D eigenvalue weighted by Crippen LogP contribution is -2.31. The van der Waals surface area contributed by atoms with E-state index in [1.807, 2.05) is 42.5 Å². The molecule has 1 heterocycles. The smallest absolute Gasteiger partial charge is 0.258 e. The van der Waals surface area contributed by atoms with Gasteiger partial charge in [0.2, 0.25) is 0 Å². The summed E-state index contributed by atoms with van der Waals surface area (Å²) in [5.74, 6) is -0.415. The van der Waals surface area contributed by atoms with E-state index in [-0.39, 0.29) is 17.6 Å². The summed E-state index contributed by atoms with van der Waals surface area (Å²) < 4.78 is 5.37. The average Bonchev–Trinajstić information content (AvgIpc) is 2.99. The number of para-hydroxylation sites is 1. The molecule has 6 nitrogen and oxygen atoms in total. The predicted molar refractivity (Wildman–Crippen MR) is 123 cm³/mol. The van der Waals surface area contributed by atoms with E-state index in [4.69, 9.17) is 4.74 Å². The van der Waals surface area contributed by atoms with E-state index in [1.165, 1.54) is 7.11 Å². The monoisotopic (exact) mass is 428 g/mol. The number of fused-ring (bicyclic) bond motifs is 1. The van der Waals surface area contributed by atoms with Gasteiger partial charge in [-0.25, -0.2) is 0 Å². The zero-order valence-corrected chi connectivity index (χ0v) is 17.8. The zero-order chi connectivity index (χ0) is 22.5. The Kier molecular flexibility index (Phi) is 6.42. The summed E-state index contributed by atoms with van der Waals surface area (Å²) in [7, 11) is 1.49. The first-order chi connectivity index (χ1) is 15.6. The molecule has 1 atom stereocenters. The van der Waals surface area contributed by atoms with Gasteiger partial charge in [-0.05, 0) is 48.4 Å². The lowest BCUT2D eigenvalue weighted by Gasteiger charge is -2.22. The van der Waals surface area contributed by atoms with Gasteiger partial charge in [-0.15, -0.1) is 0 Å². The Bertz CT molecular complexity index is 1130. The van der Waals surface area contributed by atoms with Gasteiger partial charge in [0.25, 0.3) is 11.8 Å². The molecule has 32 heavy (non-hydrogen) atoms. The first-order valence-corrected chi connectivity index (χ1v) is 10.5. The molecule has 3 aromatic carbocycles. The number of nitrogens with one attached hydrogen (secondary N) is 1. The highest BCUT2D eigenvalue weighted by atomic mass is 16.5. The van der Waals surface area contributed by atoms with Gasteiger partial charge in [-0.3, -0.25) is 14.4 Å². The Morgan fingerprint density at radius 1 is 0.938 bits per heavy atom. The van der Waals surface area contributed by atoms with Crippen LogP contribution in [0.2, 0.25) is 0 Å². The summed E-state index contributed by atoms with van der Waals surface area (Å²) in [6.45, 7) is 0.479. The van der Waals surface area contributed by atoms with Crippen molar-refractivity contribution in [2.75, 3.05) is 23.9 Å². The molecule has 162 valence electrons. The van der Waals surface area contributed by atoms with Crippen LogP contribution in [0.5, 0.6) is 0 Å². The van der Waals surface area contributed by atoms with Crippen LogP contribution in [0.25, 0.3) is 0 Å². The number of methoxy groups -OCH3 is 1. The lowest BCUT2D eigenvalue weighted by atomic mass is 10.1. The third-order valence-corrected chi connectivity index (χ3v) is 5.50. The van der Waals surface area contributed by atoms with E-state index in [2.05, 4.69) is 5.32 Å². The summed E-state index contributed by atoms with van der Waals surface area (Å²) in [6.07, 6.45) is 0.308. The molecule has 4 rings (SSSR count). The van der Waals surface area contributed by atoms with Crippen molar-refractivity contribution in [2.45, 2.75) is 18.9 Å². The number of carbonyl (C=O) groups excluding carboxylic acids is 3. The molecule has 3 aromatic rings. The summed E-state index contributed by atoms with van der Waals surface area (Å²) >= 11 is 0. The maximum Gasteiger partial charge on any atom is 0.258 e. The topological polar surface area (TPSA) is 75.7 Å². The second kappa shape index (κ2) is 9.58. The highest BCUT2D eigenvalue weighted by molar-refractivity contribution is 6.11. The third kappa shape index (κ3) is 4.45. The summed E-state index contributed by atoms with van der Waals surface area (Å²) in [6, 6.07) is 23.2. The fraction of sp³-hybridized carbons (Fsp3) is 0.192. The largest absolute Gasteiger partial charge is 0.367 e. The van der Waals surface area contributed by atoms with Crippen molar-refractivity contribution in [1.29, 1.82) is 0 Å². The molecule has 0 aliphatic carbocycles. The molecular weight excluding hydrogens is 404 g/mol. The van der Waals surface area contributed by atoms with Crippen LogP contribution in [0.3, 0.4) is 0 Å². The number of benzene rings is 3. The maximum atomic E-state index is 13.2. The number of rotatable bonds is 5. The van der Waals surface area contributed by atoms with E-state index < -0.39 is 6.10 Å². The number of Topliss-reactive ketones (excluding diaryl/α,β-unsaturated/α-hetero) is 1. The molecule has 1 aliphatic heterocycles. The van der Waals surface area contributed by atoms with Crippen molar-refractivity contribution >= 4 is 29.0 Å². The molecule has 1 aliphatic rings. The van der Waals surface area contributed by atoms with Gasteiger partial charge in [0.05, 0.1) is 5.69 Å². The molecule has 0 saturated carbocycles. The van der Waals surface area contributed by atoms with Crippen LogP contribution in [-0.4, -0.2) is 31.3 Å². The van der Waals surface area contributed by atoms with E-state index in [0.29, 0.717) is 41.9 Å². The molecule has 1 unspecified atom stereocenters. The van der Waals surface area contributed by atoms with Gasteiger partial charge < -0.3 is 15.0 Å². The fourth-order valence-electron chi connectivity index (χ4n) is 3.89. The van der Waals surface area contributed by atoms with Crippen molar-refractivity contribution in [3.63, 3.8) is 0 Å². The van der Waals surface area contributed by atoms with Crippen LogP contribution in [0.1, 0.15) is 45.2 Å². The number of anilines is 2. The SMILES string of the molecule is COC(C(=O)Nc1ccc(C(=O)N2CCCC(=O)c3ccccc32)cc1)c1ccccc1. The van der Waals surface area contributed by atoms with Crippen LogP contribution in [0, 0.1) is 0 Å². The van der Waals surface area contributed by atoms with Crippen LogP contribution in [0.4, 0.5) is 11.4 Å². The van der Waals surface area contributed by atoms with Crippen molar-refractivity contribution in [1.82, 2.24) is 0 Å². The Balaban J connectivity index is 1.50. The second-order valence-corrected chi connectivity index (χ2v) is 7.59. The van der Waals surface area contributed by atoms with Gasteiger partial charge in [0.1, 0.15) is 0 Å². The molecule has 0 bridgehead atoms. The third-order valence-electron chi connectivity index (χ3n) is 5.50. The lowest BCUT2D eigenvalue weighted by molar-refractivity contribution is -0.126. The molecule has 2 amide bonds. The number of ketones is 1. The van der Waals surface area contributed by atoms with Crippen molar-refractivity contribution in [3.8, 4) is 0 Å². The van der Waals surface area contributed by atoms with Crippen LogP contribution >= 0.6 is 0 Å². The average molecular weight is 428 g/mol. The second-order valence-electron chi connectivity index (χ2n) is 7.59. The van der Waals surface area contributed by atoms with Gasteiger partial charge >= 0.3 is 0 Å². The normalized spacial score (nSPS) is 14.3. The fourth-order valence-corrected chi connectivity index (χ4v) is 3.89. The van der Waals surface area contributed by atoms with Crippen molar-refractivity contribution in [2.24, 2.45) is 0 Å². The van der Waals surface area contributed by atoms with Crippen LogP contribution < -0.4 is 10.2 Å². The first-order valence-electron chi connectivity index (χ1n) is 10.5. The highest BCUT2D eigenvalue weighted by Gasteiger charge is 2.26. The molecule has 6 heteroatoms. The Hall–Kier alpha value is -3.77. The number of carbonyl (C=O) groups is 3. The standard InChI is InChI=1S/C26H24N2O4/c1-32-24(18-8-3-2-4-9-18)25(30)27-20-15-13-19(14-16-20)26(31)28-17-7-12-23(29)21-10-5-6-11-22(21)28/h2-6,8-11,13-16,24H,7,12,17H2,1H3,(H,27,30). The minimum atomic E-state index is -0.733. The Morgan fingerprint density at radius 3 is 2.34 bits per heavy atom. The number of amides is 2. The van der Waals surface area contributed by atoms with E-state index >= 15 is 0 Å². The number of hydrogen-bond donors (Lipinski definition) is 1.